The van der Waals surface area contributed by atoms with Crippen molar-refractivity contribution in [2.45, 2.75) is 26.3 Å². The molecular weight excluding hydrogens is 324 g/mol. The molecule has 0 unspecified atom stereocenters. The highest BCUT2D eigenvalue weighted by Gasteiger charge is 2.31. The Morgan fingerprint density at radius 3 is 2.33 bits per heavy atom. The summed E-state index contributed by atoms with van der Waals surface area (Å²) in [5.74, 6) is -0.350. The Balaban J connectivity index is 2.34. The monoisotopic (exact) mass is 346 g/mol. The second kappa shape index (κ2) is 7.49. The number of hydrogen-bond acceptors (Lipinski definition) is 3. The first-order chi connectivity index (χ1) is 11.3. The van der Waals surface area contributed by atoms with Crippen LogP contribution in [0.15, 0.2) is 54.6 Å². The van der Waals surface area contributed by atoms with Gasteiger partial charge in [0.2, 0.25) is 15.9 Å². The molecule has 0 aliphatic rings. The van der Waals surface area contributed by atoms with Gasteiger partial charge in [-0.1, -0.05) is 37.3 Å². The normalized spacial score (nSPS) is 12.5. The van der Waals surface area contributed by atoms with Gasteiger partial charge in [-0.05, 0) is 43.2 Å². The van der Waals surface area contributed by atoms with Gasteiger partial charge in [0.25, 0.3) is 0 Å². The van der Waals surface area contributed by atoms with E-state index in [0.29, 0.717) is 17.8 Å². The molecule has 2 rings (SSSR count). The summed E-state index contributed by atoms with van der Waals surface area (Å²) in [6.45, 7) is 3.72. The molecule has 1 amide bonds. The maximum Gasteiger partial charge on any atom is 0.248 e. The highest BCUT2D eigenvalue weighted by Crippen LogP contribution is 2.23. The first kappa shape index (κ1) is 18.0. The lowest BCUT2D eigenvalue weighted by atomic mass is 10.1. The summed E-state index contributed by atoms with van der Waals surface area (Å²) in [7, 11) is -3.60. The Labute approximate surface area is 143 Å². The standard InChI is InChI=1S/C18H22N2O3S/c1-4-17(18(21)19-15-10-8-9-14(2)13-15)20(24(3,22)23)16-11-6-5-7-12-16/h5-13,17H,4H2,1-3H3,(H,19,21)/t17-/m1/s1. The second-order valence-electron chi connectivity index (χ2n) is 5.68. The molecule has 1 N–H and O–H groups in total. The van der Waals surface area contributed by atoms with E-state index in [1.165, 1.54) is 4.31 Å². The zero-order chi connectivity index (χ0) is 17.7. The number of nitrogens with one attached hydrogen (secondary N) is 1. The molecule has 1 atom stereocenters. The summed E-state index contributed by atoms with van der Waals surface area (Å²) in [6, 6.07) is 15.3. The minimum Gasteiger partial charge on any atom is -0.324 e. The molecule has 0 fully saturated rings. The number of anilines is 2. The van der Waals surface area contributed by atoms with E-state index in [4.69, 9.17) is 0 Å². The number of amides is 1. The molecular formula is C18H22N2O3S. The largest absolute Gasteiger partial charge is 0.324 e. The predicted molar refractivity (Wildman–Crippen MR) is 97.7 cm³/mol. The third-order valence-corrected chi connectivity index (χ3v) is 4.81. The summed E-state index contributed by atoms with van der Waals surface area (Å²) in [4.78, 5) is 12.7. The maximum absolute atomic E-state index is 12.7. The van der Waals surface area contributed by atoms with E-state index >= 15 is 0 Å². The van der Waals surface area contributed by atoms with Crippen molar-refractivity contribution in [1.29, 1.82) is 0 Å². The Hall–Kier alpha value is -2.34. The number of rotatable bonds is 6. The average Bonchev–Trinajstić information content (AvgIpc) is 2.52. The fraction of sp³-hybridized carbons (Fsp3) is 0.278. The first-order valence-corrected chi connectivity index (χ1v) is 9.59. The van der Waals surface area contributed by atoms with E-state index in [1.807, 2.05) is 25.1 Å². The van der Waals surface area contributed by atoms with Crippen molar-refractivity contribution < 1.29 is 13.2 Å². The van der Waals surface area contributed by atoms with Crippen LogP contribution in [0.25, 0.3) is 0 Å². The minimum absolute atomic E-state index is 0.350. The first-order valence-electron chi connectivity index (χ1n) is 7.75. The summed E-state index contributed by atoms with van der Waals surface area (Å²) < 4.78 is 25.8. The van der Waals surface area contributed by atoms with Gasteiger partial charge in [0, 0.05) is 5.69 Å². The molecule has 24 heavy (non-hydrogen) atoms. The van der Waals surface area contributed by atoms with E-state index < -0.39 is 16.1 Å². The topological polar surface area (TPSA) is 66.5 Å². The number of hydrogen-bond donors (Lipinski definition) is 1. The molecule has 2 aromatic rings. The summed E-state index contributed by atoms with van der Waals surface area (Å²) >= 11 is 0. The molecule has 0 heterocycles. The number of aryl methyl sites for hydroxylation is 1. The quantitative estimate of drug-likeness (QED) is 0.873. The van der Waals surface area contributed by atoms with Crippen molar-refractivity contribution in [3.05, 3.63) is 60.2 Å². The van der Waals surface area contributed by atoms with Crippen molar-refractivity contribution in [2.24, 2.45) is 0 Å². The van der Waals surface area contributed by atoms with Crippen molar-refractivity contribution in [2.75, 3.05) is 15.9 Å². The molecule has 0 spiro atoms. The van der Waals surface area contributed by atoms with Crippen molar-refractivity contribution in [3.63, 3.8) is 0 Å². The fourth-order valence-electron chi connectivity index (χ4n) is 2.58. The minimum atomic E-state index is -3.60. The van der Waals surface area contributed by atoms with Crippen LogP contribution in [0.2, 0.25) is 0 Å². The molecule has 0 saturated carbocycles. The van der Waals surface area contributed by atoms with Gasteiger partial charge in [-0.2, -0.15) is 0 Å². The summed E-state index contributed by atoms with van der Waals surface area (Å²) in [6.07, 6.45) is 1.47. The number of benzene rings is 2. The molecule has 0 bridgehead atoms. The van der Waals surface area contributed by atoms with Crippen LogP contribution in [0.3, 0.4) is 0 Å². The van der Waals surface area contributed by atoms with Gasteiger partial charge in [-0.3, -0.25) is 9.10 Å². The van der Waals surface area contributed by atoms with Crippen LogP contribution in [0.1, 0.15) is 18.9 Å². The average molecular weight is 346 g/mol. The lowest BCUT2D eigenvalue weighted by molar-refractivity contribution is -0.117. The Morgan fingerprint density at radius 2 is 1.79 bits per heavy atom. The lowest BCUT2D eigenvalue weighted by Gasteiger charge is -2.30. The molecule has 0 aliphatic carbocycles. The molecule has 0 aliphatic heterocycles. The van der Waals surface area contributed by atoms with Gasteiger partial charge < -0.3 is 5.32 Å². The number of nitrogens with zero attached hydrogens (tertiary/aromatic N) is 1. The van der Waals surface area contributed by atoms with E-state index in [-0.39, 0.29) is 5.91 Å². The van der Waals surface area contributed by atoms with E-state index in [0.717, 1.165) is 11.8 Å². The molecule has 0 aromatic heterocycles. The maximum atomic E-state index is 12.7. The highest BCUT2D eigenvalue weighted by atomic mass is 32.2. The number of carbonyl (C=O) groups excluding carboxylic acids is 1. The highest BCUT2D eigenvalue weighted by molar-refractivity contribution is 7.92. The molecule has 5 nitrogen and oxygen atoms in total. The third kappa shape index (κ3) is 4.35. The summed E-state index contributed by atoms with van der Waals surface area (Å²) in [5, 5.41) is 2.81. The second-order valence-corrected chi connectivity index (χ2v) is 7.54. The van der Waals surface area contributed by atoms with Gasteiger partial charge in [0.15, 0.2) is 0 Å². The lowest BCUT2D eigenvalue weighted by Crippen LogP contribution is -2.46. The van der Waals surface area contributed by atoms with Gasteiger partial charge in [-0.25, -0.2) is 8.42 Å². The van der Waals surface area contributed by atoms with E-state index in [9.17, 15) is 13.2 Å². The third-order valence-electron chi connectivity index (χ3n) is 3.63. The van der Waals surface area contributed by atoms with Crippen LogP contribution >= 0.6 is 0 Å². The van der Waals surface area contributed by atoms with Crippen LogP contribution < -0.4 is 9.62 Å². The zero-order valence-electron chi connectivity index (χ0n) is 14.1. The van der Waals surface area contributed by atoms with Crippen LogP contribution in [0.4, 0.5) is 11.4 Å². The molecule has 6 heteroatoms. The zero-order valence-corrected chi connectivity index (χ0v) is 14.9. The van der Waals surface area contributed by atoms with Crippen molar-refractivity contribution in [1.82, 2.24) is 0 Å². The molecule has 128 valence electrons. The van der Waals surface area contributed by atoms with Crippen LogP contribution in [-0.2, 0) is 14.8 Å². The molecule has 2 aromatic carbocycles. The number of sulfonamides is 1. The van der Waals surface area contributed by atoms with E-state index in [1.54, 1.807) is 43.3 Å². The van der Waals surface area contributed by atoms with E-state index in [2.05, 4.69) is 5.32 Å². The molecule has 0 saturated heterocycles. The fourth-order valence-corrected chi connectivity index (χ4v) is 3.80. The smallest absolute Gasteiger partial charge is 0.248 e. The SMILES string of the molecule is CC[C@H](C(=O)Nc1cccc(C)c1)N(c1ccccc1)S(C)(=O)=O. The van der Waals surface area contributed by atoms with Crippen LogP contribution in [0, 0.1) is 6.92 Å². The molecule has 0 radical (unpaired) electrons. The Bertz CT molecular complexity index is 804. The van der Waals surface area contributed by atoms with Crippen molar-refractivity contribution in [3.8, 4) is 0 Å². The Morgan fingerprint density at radius 1 is 1.12 bits per heavy atom. The number of carbonyl (C=O) groups is 1. The van der Waals surface area contributed by atoms with Crippen molar-refractivity contribution >= 4 is 27.3 Å². The Kier molecular flexibility index (Phi) is 5.62. The predicted octanol–water partition coefficient (Wildman–Crippen LogP) is 3.18. The van der Waals surface area contributed by atoms with Gasteiger partial charge in [0.05, 0.1) is 11.9 Å². The van der Waals surface area contributed by atoms with Gasteiger partial charge in [-0.15, -0.1) is 0 Å². The summed E-state index contributed by atoms with van der Waals surface area (Å²) in [5.41, 5.74) is 2.15. The van der Waals surface area contributed by atoms with Crippen LogP contribution in [-0.4, -0.2) is 26.6 Å². The van der Waals surface area contributed by atoms with Crippen LogP contribution in [0.5, 0.6) is 0 Å². The van der Waals surface area contributed by atoms with Gasteiger partial charge >= 0.3 is 0 Å². The van der Waals surface area contributed by atoms with Gasteiger partial charge in [0.1, 0.15) is 6.04 Å². The number of para-hydroxylation sites is 1.